The summed E-state index contributed by atoms with van der Waals surface area (Å²) < 4.78 is 5.69. The van der Waals surface area contributed by atoms with Gasteiger partial charge in [0.2, 0.25) is 0 Å². The standard InChI is InChI=1S/C17H21N3O/c1-2-10-18-14(4-1)9-11-21-13-17-6-3-5-16(20-17)12-19-15-7-8-15/h1-6,10,15,19H,7-9,11-13H2. The molecule has 4 heteroatoms. The molecule has 21 heavy (non-hydrogen) atoms. The Kier molecular flexibility index (Phi) is 4.92. The minimum atomic E-state index is 0.560. The van der Waals surface area contributed by atoms with Gasteiger partial charge in [-0.05, 0) is 37.1 Å². The van der Waals surface area contributed by atoms with E-state index in [9.17, 15) is 0 Å². The normalized spacial score (nSPS) is 14.3. The van der Waals surface area contributed by atoms with Crippen molar-refractivity contribution in [2.45, 2.75) is 38.5 Å². The second kappa shape index (κ2) is 7.29. The molecule has 2 aromatic heterocycles. The van der Waals surface area contributed by atoms with Crippen LogP contribution >= 0.6 is 0 Å². The topological polar surface area (TPSA) is 47.0 Å². The van der Waals surface area contributed by atoms with Gasteiger partial charge in [0.05, 0.1) is 24.6 Å². The van der Waals surface area contributed by atoms with Crippen LogP contribution in [0.5, 0.6) is 0 Å². The summed E-state index contributed by atoms with van der Waals surface area (Å²) in [4.78, 5) is 8.89. The van der Waals surface area contributed by atoms with E-state index in [1.807, 2.05) is 36.5 Å². The van der Waals surface area contributed by atoms with E-state index in [-0.39, 0.29) is 0 Å². The minimum Gasteiger partial charge on any atom is -0.375 e. The molecule has 1 saturated carbocycles. The van der Waals surface area contributed by atoms with Crippen LogP contribution in [0.4, 0.5) is 0 Å². The second-order valence-electron chi connectivity index (χ2n) is 5.40. The molecule has 0 bridgehead atoms. The number of hydrogen-bond donors (Lipinski definition) is 1. The maximum Gasteiger partial charge on any atom is 0.0888 e. The number of pyridine rings is 2. The maximum atomic E-state index is 5.69. The first-order valence-corrected chi connectivity index (χ1v) is 7.56. The Morgan fingerprint density at radius 3 is 2.71 bits per heavy atom. The Morgan fingerprint density at radius 2 is 1.90 bits per heavy atom. The van der Waals surface area contributed by atoms with E-state index in [2.05, 4.69) is 21.4 Å². The molecule has 1 aliphatic carbocycles. The lowest BCUT2D eigenvalue weighted by Gasteiger charge is -2.06. The van der Waals surface area contributed by atoms with Gasteiger partial charge in [0.25, 0.3) is 0 Å². The van der Waals surface area contributed by atoms with Crippen molar-refractivity contribution in [2.24, 2.45) is 0 Å². The summed E-state index contributed by atoms with van der Waals surface area (Å²) in [6.07, 6.45) is 5.25. The molecule has 0 saturated heterocycles. The monoisotopic (exact) mass is 283 g/mol. The van der Waals surface area contributed by atoms with Gasteiger partial charge in [-0.2, -0.15) is 0 Å². The van der Waals surface area contributed by atoms with Gasteiger partial charge >= 0.3 is 0 Å². The van der Waals surface area contributed by atoms with Crippen molar-refractivity contribution in [3.8, 4) is 0 Å². The molecule has 2 heterocycles. The predicted octanol–water partition coefficient (Wildman–Crippen LogP) is 2.49. The molecular formula is C17H21N3O. The third kappa shape index (κ3) is 4.92. The second-order valence-corrected chi connectivity index (χ2v) is 5.40. The van der Waals surface area contributed by atoms with Crippen molar-refractivity contribution < 1.29 is 4.74 Å². The van der Waals surface area contributed by atoms with E-state index in [1.165, 1.54) is 12.8 Å². The smallest absolute Gasteiger partial charge is 0.0888 e. The zero-order chi connectivity index (χ0) is 14.3. The Morgan fingerprint density at radius 1 is 1.05 bits per heavy atom. The molecule has 3 rings (SSSR count). The molecule has 1 aliphatic rings. The van der Waals surface area contributed by atoms with Crippen LogP contribution in [0.25, 0.3) is 0 Å². The van der Waals surface area contributed by atoms with Crippen molar-refractivity contribution in [3.05, 3.63) is 59.7 Å². The van der Waals surface area contributed by atoms with Gasteiger partial charge in [-0.25, -0.2) is 0 Å². The molecule has 110 valence electrons. The van der Waals surface area contributed by atoms with Gasteiger partial charge in [-0.15, -0.1) is 0 Å². The fourth-order valence-corrected chi connectivity index (χ4v) is 2.14. The van der Waals surface area contributed by atoms with Crippen LogP contribution in [0.15, 0.2) is 42.6 Å². The van der Waals surface area contributed by atoms with Crippen molar-refractivity contribution >= 4 is 0 Å². The summed E-state index contributed by atoms with van der Waals surface area (Å²) in [6, 6.07) is 12.8. The third-order valence-electron chi connectivity index (χ3n) is 3.49. The summed E-state index contributed by atoms with van der Waals surface area (Å²) in [5.41, 5.74) is 3.15. The number of hydrogen-bond acceptors (Lipinski definition) is 4. The number of rotatable bonds is 8. The van der Waals surface area contributed by atoms with Crippen molar-refractivity contribution in [2.75, 3.05) is 6.61 Å². The lowest BCUT2D eigenvalue weighted by atomic mass is 10.3. The molecule has 0 amide bonds. The molecule has 1 fully saturated rings. The molecule has 1 N–H and O–H groups in total. The summed E-state index contributed by atoms with van der Waals surface area (Å²) in [5.74, 6) is 0. The lowest BCUT2D eigenvalue weighted by Crippen LogP contribution is -2.16. The highest BCUT2D eigenvalue weighted by Gasteiger charge is 2.20. The van der Waals surface area contributed by atoms with E-state index in [0.29, 0.717) is 19.3 Å². The van der Waals surface area contributed by atoms with Crippen LogP contribution < -0.4 is 5.32 Å². The first-order valence-electron chi connectivity index (χ1n) is 7.56. The van der Waals surface area contributed by atoms with Crippen LogP contribution in [0, 0.1) is 0 Å². The molecule has 0 atom stereocenters. The molecule has 0 spiro atoms. The van der Waals surface area contributed by atoms with E-state index in [0.717, 1.165) is 30.0 Å². The Balaban J connectivity index is 1.41. The number of nitrogens with zero attached hydrogens (tertiary/aromatic N) is 2. The molecule has 0 aliphatic heterocycles. The summed E-state index contributed by atoms with van der Waals surface area (Å²) in [6.45, 7) is 2.08. The van der Waals surface area contributed by atoms with E-state index >= 15 is 0 Å². The van der Waals surface area contributed by atoms with Gasteiger partial charge in [-0.1, -0.05) is 12.1 Å². The van der Waals surface area contributed by atoms with E-state index in [4.69, 9.17) is 4.74 Å². The fourth-order valence-electron chi connectivity index (χ4n) is 2.14. The Labute approximate surface area is 125 Å². The SMILES string of the molecule is c1ccc(CCOCc2cccc(CNC3CC3)n2)nc1. The van der Waals surface area contributed by atoms with E-state index < -0.39 is 0 Å². The first-order chi connectivity index (χ1) is 10.4. The van der Waals surface area contributed by atoms with Gasteiger partial charge in [0.15, 0.2) is 0 Å². The largest absolute Gasteiger partial charge is 0.375 e. The number of nitrogens with one attached hydrogen (secondary N) is 1. The average molecular weight is 283 g/mol. The Bertz CT molecular complexity index is 555. The summed E-state index contributed by atoms with van der Waals surface area (Å²) in [5, 5.41) is 3.48. The minimum absolute atomic E-state index is 0.560. The highest BCUT2D eigenvalue weighted by atomic mass is 16.5. The van der Waals surface area contributed by atoms with Gasteiger partial charge in [0.1, 0.15) is 0 Å². The van der Waals surface area contributed by atoms with Crippen LogP contribution in [0.3, 0.4) is 0 Å². The molecular weight excluding hydrogens is 262 g/mol. The fraction of sp³-hybridized carbons (Fsp3) is 0.412. The first kappa shape index (κ1) is 14.2. The number of ether oxygens (including phenoxy) is 1. The average Bonchev–Trinajstić information content (AvgIpc) is 3.35. The molecule has 4 nitrogen and oxygen atoms in total. The van der Waals surface area contributed by atoms with Crippen molar-refractivity contribution in [1.82, 2.24) is 15.3 Å². The van der Waals surface area contributed by atoms with Crippen molar-refractivity contribution in [1.29, 1.82) is 0 Å². The molecule has 0 radical (unpaired) electrons. The van der Waals surface area contributed by atoms with Crippen LogP contribution in [-0.4, -0.2) is 22.6 Å². The van der Waals surface area contributed by atoms with Gasteiger partial charge in [0, 0.05) is 30.9 Å². The third-order valence-corrected chi connectivity index (χ3v) is 3.49. The highest BCUT2D eigenvalue weighted by molar-refractivity contribution is 5.11. The summed E-state index contributed by atoms with van der Waals surface area (Å²) in [7, 11) is 0. The quantitative estimate of drug-likeness (QED) is 0.756. The van der Waals surface area contributed by atoms with Crippen LogP contribution in [-0.2, 0) is 24.3 Å². The highest BCUT2D eigenvalue weighted by Crippen LogP contribution is 2.19. The van der Waals surface area contributed by atoms with Crippen molar-refractivity contribution in [3.63, 3.8) is 0 Å². The van der Waals surface area contributed by atoms with E-state index in [1.54, 1.807) is 0 Å². The van der Waals surface area contributed by atoms with Gasteiger partial charge < -0.3 is 10.1 Å². The molecule has 0 aromatic carbocycles. The van der Waals surface area contributed by atoms with Crippen LogP contribution in [0.2, 0.25) is 0 Å². The molecule has 2 aromatic rings. The number of aromatic nitrogens is 2. The lowest BCUT2D eigenvalue weighted by molar-refractivity contribution is 0.120. The predicted molar refractivity (Wildman–Crippen MR) is 81.7 cm³/mol. The molecule has 0 unspecified atom stereocenters. The van der Waals surface area contributed by atoms with Crippen LogP contribution in [0.1, 0.15) is 29.9 Å². The van der Waals surface area contributed by atoms with Gasteiger partial charge in [-0.3, -0.25) is 9.97 Å². The maximum absolute atomic E-state index is 5.69. The zero-order valence-electron chi connectivity index (χ0n) is 12.2. The summed E-state index contributed by atoms with van der Waals surface area (Å²) >= 11 is 0. The zero-order valence-corrected chi connectivity index (χ0v) is 12.2. The Hall–Kier alpha value is -1.78.